The second-order valence-corrected chi connectivity index (χ2v) is 4.21. The Kier molecular flexibility index (Phi) is 3.71. The summed E-state index contributed by atoms with van der Waals surface area (Å²) in [5.74, 6) is 1.57. The number of aromatic nitrogens is 2. The average molecular weight is 235 g/mol. The van der Waals surface area contributed by atoms with E-state index in [0.717, 1.165) is 16.7 Å². The summed E-state index contributed by atoms with van der Waals surface area (Å²) in [6, 6.07) is 7.49. The lowest BCUT2D eigenvalue weighted by Gasteiger charge is -2.07. The van der Waals surface area contributed by atoms with Crippen molar-refractivity contribution in [1.82, 2.24) is 9.97 Å². The number of para-hydroxylation sites is 2. The van der Waals surface area contributed by atoms with E-state index >= 15 is 0 Å². The van der Waals surface area contributed by atoms with Crippen LogP contribution in [0.4, 0.5) is 5.69 Å². The van der Waals surface area contributed by atoms with Gasteiger partial charge in [0.1, 0.15) is 5.75 Å². The standard InChI is InChI=1S/C11H13N3OS/c12-9-3-1-2-4-10(9)15-7-8-16-11-13-5-6-14-11/h1-6H,7-8,12H2,(H,13,14). The van der Waals surface area contributed by atoms with Crippen LogP contribution >= 0.6 is 11.8 Å². The Bertz CT molecular complexity index is 431. The minimum Gasteiger partial charge on any atom is -0.491 e. The van der Waals surface area contributed by atoms with Crippen LogP contribution in [0, 0.1) is 0 Å². The van der Waals surface area contributed by atoms with Crippen LogP contribution < -0.4 is 10.5 Å². The fourth-order valence-electron chi connectivity index (χ4n) is 1.23. The molecular weight excluding hydrogens is 222 g/mol. The summed E-state index contributed by atoms with van der Waals surface area (Å²) in [5.41, 5.74) is 6.42. The number of hydrogen-bond donors (Lipinski definition) is 2. The van der Waals surface area contributed by atoms with Gasteiger partial charge < -0.3 is 15.5 Å². The van der Waals surface area contributed by atoms with Crippen LogP contribution in [-0.4, -0.2) is 22.3 Å². The summed E-state index contributed by atoms with van der Waals surface area (Å²) in [5, 5.41) is 0.907. The number of hydrogen-bond acceptors (Lipinski definition) is 4. The largest absolute Gasteiger partial charge is 0.491 e. The van der Waals surface area contributed by atoms with Crippen LogP contribution in [0.2, 0.25) is 0 Å². The quantitative estimate of drug-likeness (QED) is 0.473. The number of ether oxygens (including phenoxy) is 1. The molecule has 0 aliphatic rings. The maximum Gasteiger partial charge on any atom is 0.165 e. The number of benzene rings is 1. The van der Waals surface area contributed by atoms with E-state index in [9.17, 15) is 0 Å². The van der Waals surface area contributed by atoms with E-state index in [4.69, 9.17) is 10.5 Å². The molecule has 4 nitrogen and oxygen atoms in total. The third-order valence-electron chi connectivity index (χ3n) is 1.97. The molecule has 2 rings (SSSR count). The lowest BCUT2D eigenvalue weighted by molar-refractivity contribution is 0.345. The first-order valence-electron chi connectivity index (χ1n) is 4.96. The van der Waals surface area contributed by atoms with Gasteiger partial charge in [-0.3, -0.25) is 0 Å². The summed E-state index contributed by atoms with van der Waals surface area (Å²) in [4.78, 5) is 7.12. The number of H-pyrrole nitrogens is 1. The highest BCUT2D eigenvalue weighted by molar-refractivity contribution is 7.99. The van der Waals surface area contributed by atoms with Gasteiger partial charge in [-0.15, -0.1) is 0 Å². The number of nitrogen functional groups attached to an aromatic ring is 1. The zero-order valence-electron chi connectivity index (χ0n) is 8.72. The van der Waals surface area contributed by atoms with E-state index in [-0.39, 0.29) is 0 Å². The molecule has 0 bridgehead atoms. The topological polar surface area (TPSA) is 63.9 Å². The van der Waals surface area contributed by atoms with Gasteiger partial charge in [0.05, 0.1) is 12.3 Å². The molecule has 0 aliphatic heterocycles. The minimum absolute atomic E-state index is 0.611. The van der Waals surface area contributed by atoms with Gasteiger partial charge in [0.25, 0.3) is 0 Å². The predicted molar refractivity (Wildman–Crippen MR) is 65.7 cm³/mol. The van der Waals surface area contributed by atoms with Crippen LogP contribution in [0.1, 0.15) is 0 Å². The number of nitrogens with zero attached hydrogens (tertiary/aromatic N) is 1. The van der Waals surface area contributed by atoms with Crippen LogP contribution in [0.25, 0.3) is 0 Å². The minimum atomic E-state index is 0.611. The molecule has 0 saturated carbocycles. The zero-order chi connectivity index (χ0) is 11.2. The smallest absolute Gasteiger partial charge is 0.165 e. The molecule has 84 valence electrons. The van der Waals surface area contributed by atoms with Gasteiger partial charge in [0.15, 0.2) is 5.16 Å². The molecule has 0 fully saturated rings. The fourth-order valence-corrected chi connectivity index (χ4v) is 1.88. The SMILES string of the molecule is Nc1ccccc1OCCSc1ncc[nH]1. The van der Waals surface area contributed by atoms with E-state index in [0.29, 0.717) is 12.3 Å². The monoisotopic (exact) mass is 235 g/mol. The van der Waals surface area contributed by atoms with Crippen molar-refractivity contribution in [3.05, 3.63) is 36.7 Å². The zero-order valence-corrected chi connectivity index (χ0v) is 9.54. The van der Waals surface area contributed by atoms with Crippen molar-refractivity contribution in [2.24, 2.45) is 0 Å². The van der Waals surface area contributed by atoms with Gasteiger partial charge >= 0.3 is 0 Å². The number of nitrogens with two attached hydrogens (primary N) is 1. The number of anilines is 1. The lowest BCUT2D eigenvalue weighted by Crippen LogP contribution is -2.02. The summed E-state index contributed by atoms with van der Waals surface area (Å²) < 4.78 is 5.55. The van der Waals surface area contributed by atoms with Crippen molar-refractivity contribution in [2.45, 2.75) is 5.16 Å². The van der Waals surface area contributed by atoms with E-state index in [1.54, 1.807) is 24.2 Å². The summed E-state index contributed by atoms with van der Waals surface area (Å²) in [6.07, 6.45) is 3.54. The molecule has 1 aromatic heterocycles. The first-order chi connectivity index (χ1) is 7.86. The van der Waals surface area contributed by atoms with E-state index in [1.165, 1.54) is 0 Å². The van der Waals surface area contributed by atoms with Gasteiger partial charge in [0, 0.05) is 18.1 Å². The molecule has 3 N–H and O–H groups in total. The van der Waals surface area contributed by atoms with Crippen molar-refractivity contribution in [1.29, 1.82) is 0 Å². The third-order valence-corrected chi connectivity index (χ3v) is 2.84. The van der Waals surface area contributed by atoms with E-state index in [1.807, 2.05) is 24.3 Å². The molecule has 0 atom stereocenters. The van der Waals surface area contributed by atoms with Gasteiger partial charge in [-0.25, -0.2) is 4.98 Å². The molecule has 0 aliphatic carbocycles. The van der Waals surface area contributed by atoms with Crippen molar-refractivity contribution in [3.63, 3.8) is 0 Å². The highest BCUT2D eigenvalue weighted by Crippen LogP contribution is 2.20. The fraction of sp³-hybridized carbons (Fsp3) is 0.182. The van der Waals surface area contributed by atoms with Crippen LogP contribution in [0.15, 0.2) is 41.8 Å². The molecule has 0 amide bonds. The molecule has 0 unspecified atom stereocenters. The van der Waals surface area contributed by atoms with Gasteiger partial charge in [-0.2, -0.15) is 0 Å². The molecule has 1 heterocycles. The van der Waals surface area contributed by atoms with Crippen molar-refractivity contribution in [2.75, 3.05) is 18.1 Å². The Balaban J connectivity index is 1.74. The second-order valence-electron chi connectivity index (χ2n) is 3.13. The number of rotatable bonds is 5. The number of imidazole rings is 1. The maximum atomic E-state index is 5.75. The highest BCUT2D eigenvalue weighted by atomic mass is 32.2. The Morgan fingerprint density at radius 2 is 2.25 bits per heavy atom. The van der Waals surface area contributed by atoms with Crippen molar-refractivity contribution in [3.8, 4) is 5.75 Å². The Morgan fingerprint density at radius 3 is 3.00 bits per heavy atom. The summed E-state index contributed by atoms with van der Waals surface area (Å²) in [6.45, 7) is 0.611. The Morgan fingerprint density at radius 1 is 1.38 bits per heavy atom. The molecule has 1 aromatic carbocycles. The number of nitrogens with one attached hydrogen (secondary N) is 1. The highest BCUT2D eigenvalue weighted by Gasteiger charge is 1.99. The molecule has 2 aromatic rings. The van der Waals surface area contributed by atoms with Gasteiger partial charge in [-0.05, 0) is 12.1 Å². The Hall–Kier alpha value is -1.62. The van der Waals surface area contributed by atoms with Gasteiger partial charge in [-0.1, -0.05) is 23.9 Å². The summed E-state index contributed by atoms with van der Waals surface area (Å²) >= 11 is 1.62. The predicted octanol–water partition coefficient (Wildman–Crippen LogP) is 2.16. The molecule has 0 saturated heterocycles. The van der Waals surface area contributed by atoms with Crippen molar-refractivity contribution >= 4 is 17.4 Å². The molecule has 0 radical (unpaired) electrons. The van der Waals surface area contributed by atoms with Crippen LogP contribution in [-0.2, 0) is 0 Å². The normalized spacial score (nSPS) is 10.2. The molecule has 5 heteroatoms. The van der Waals surface area contributed by atoms with E-state index < -0.39 is 0 Å². The number of aromatic amines is 1. The average Bonchev–Trinajstić information content (AvgIpc) is 2.79. The molecule has 0 spiro atoms. The first kappa shape index (κ1) is 10.9. The van der Waals surface area contributed by atoms with Crippen molar-refractivity contribution < 1.29 is 4.74 Å². The number of thioether (sulfide) groups is 1. The Labute approximate surface area is 98.2 Å². The molecule has 16 heavy (non-hydrogen) atoms. The van der Waals surface area contributed by atoms with Gasteiger partial charge in [0.2, 0.25) is 0 Å². The van der Waals surface area contributed by atoms with Crippen LogP contribution in [0.3, 0.4) is 0 Å². The maximum absolute atomic E-state index is 5.75. The summed E-state index contributed by atoms with van der Waals surface area (Å²) in [7, 11) is 0. The third kappa shape index (κ3) is 2.93. The van der Waals surface area contributed by atoms with E-state index in [2.05, 4.69) is 9.97 Å². The van der Waals surface area contributed by atoms with Crippen LogP contribution in [0.5, 0.6) is 5.75 Å². The lowest BCUT2D eigenvalue weighted by atomic mass is 10.3. The first-order valence-corrected chi connectivity index (χ1v) is 5.94. The second kappa shape index (κ2) is 5.46. The molecular formula is C11H13N3OS.